The molecule has 17 heavy (non-hydrogen) atoms. The van der Waals surface area contributed by atoms with Crippen molar-refractivity contribution in [3.8, 4) is 0 Å². The molecule has 1 aromatic heterocycles. The Balaban J connectivity index is 1.90. The van der Waals surface area contributed by atoms with Crippen molar-refractivity contribution in [3.63, 3.8) is 0 Å². The third-order valence-electron chi connectivity index (χ3n) is 5.07. The van der Waals surface area contributed by atoms with Gasteiger partial charge in [0.25, 0.3) is 0 Å². The molecule has 1 aliphatic rings. The molecule has 0 radical (unpaired) electrons. The molecule has 0 aliphatic heterocycles. The Morgan fingerprint density at radius 3 is 2.71 bits per heavy atom. The maximum absolute atomic E-state index is 6.23. The second kappa shape index (κ2) is 4.41. The van der Waals surface area contributed by atoms with Crippen LogP contribution >= 0.6 is 0 Å². The van der Waals surface area contributed by atoms with Crippen molar-refractivity contribution in [2.45, 2.75) is 59.0 Å². The van der Waals surface area contributed by atoms with Crippen molar-refractivity contribution in [2.24, 2.45) is 16.6 Å². The predicted octanol–water partition coefficient (Wildman–Crippen LogP) is 2.21. The standard InChI is InChI=1S/C13H24N4/c1-12(2)11(14)5-7-13(12,3)6-4-8-17-10-15-9-16-17/h9-11H,4-8,14H2,1-3H3/t11-,13-/m0/s1. The van der Waals surface area contributed by atoms with E-state index < -0.39 is 0 Å². The molecule has 1 aromatic rings. The van der Waals surface area contributed by atoms with Crippen molar-refractivity contribution in [3.05, 3.63) is 12.7 Å². The van der Waals surface area contributed by atoms with Crippen LogP contribution in [-0.2, 0) is 6.54 Å². The summed E-state index contributed by atoms with van der Waals surface area (Å²) >= 11 is 0. The van der Waals surface area contributed by atoms with Gasteiger partial charge in [0.1, 0.15) is 12.7 Å². The highest BCUT2D eigenvalue weighted by molar-refractivity contribution is 5.02. The Morgan fingerprint density at radius 2 is 2.18 bits per heavy atom. The molecule has 0 spiro atoms. The summed E-state index contributed by atoms with van der Waals surface area (Å²) in [5.41, 5.74) is 6.84. The summed E-state index contributed by atoms with van der Waals surface area (Å²) in [5, 5.41) is 4.14. The zero-order valence-corrected chi connectivity index (χ0v) is 11.2. The maximum atomic E-state index is 6.23. The lowest BCUT2D eigenvalue weighted by atomic mass is 9.65. The number of nitrogens with zero attached hydrogens (tertiary/aromatic N) is 3. The van der Waals surface area contributed by atoms with Crippen LogP contribution in [0.25, 0.3) is 0 Å². The summed E-state index contributed by atoms with van der Waals surface area (Å²) < 4.78 is 1.91. The van der Waals surface area contributed by atoms with Crippen molar-refractivity contribution in [1.82, 2.24) is 14.8 Å². The topological polar surface area (TPSA) is 56.7 Å². The average molecular weight is 236 g/mol. The third kappa shape index (κ3) is 2.23. The second-order valence-electron chi connectivity index (χ2n) is 6.19. The van der Waals surface area contributed by atoms with Gasteiger partial charge in [-0.15, -0.1) is 0 Å². The Hall–Kier alpha value is -0.900. The number of rotatable bonds is 4. The van der Waals surface area contributed by atoms with Gasteiger partial charge in [0.2, 0.25) is 0 Å². The highest BCUT2D eigenvalue weighted by Gasteiger charge is 2.49. The van der Waals surface area contributed by atoms with Gasteiger partial charge in [-0.1, -0.05) is 20.8 Å². The lowest BCUT2D eigenvalue weighted by molar-refractivity contribution is 0.101. The number of hydrogen-bond acceptors (Lipinski definition) is 3. The van der Waals surface area contributed by atoms with Crippen LogP contribution in [0.5, 0.6) is 0 Å². The van der Waals surface area contributed by atoms with E-state index >= 15 is 0 Å². The van der Waals surface area contributed by atoms with Gasteiger partial charge in [-0.2, -0.15) is 5.10 Å². The van der Waals surface area contributed by atoms with Crippen molar-refractivity contribution in [2.75, 3.05) is 0 Å². The Morgan fingerprint density at radius 1 is 1.41 bits per heavy atom. The Labute approximate surface area is 104 Å². The first kappa shape index (κ1) is 12.6. The van der Waals surface area contributed by atoms with Gasteiger partial charge in [-0.25, -0.2) is 4.98 Å². The molecule has 2 N–H and O–H groups in total. The predicted molar refractivity (Wildman–Crippen MR) is 68.4 cm³/mol. The number of aryl methyl sites for hydroxylation is 1. The van der Waals surface area contributed by atoms with Crippen molar-refractivity contribution in [1.29, 1.82) is 0 Å². The van der Waals surface area contributed by atoms with Crippen LogP contribution in [0.4, 0.5) is 0 Å². The molecule has 0 aromatic carbocycles. The molecule has 1 heterocycles. The first-order valence-electron chi connectivity index (χ1n) is 6.54. The molecule has 2 atom stereocenters. The summed E-state index contributed by atoms with van der Waals surface area (Å²) in [7, 11) is 0. The van der Waals surface area contributed by atoms with Gasteiger partial charge in [0, 0.05) is 12.6 Å². The van der Waals surface area contributed by atoms with Gasteiger partial charge < -0.3 is 5.73 Å². The minimum absolute atomic E-state index is 0.245. The first-order chi connectivity index (χ1) is 7.96. The van der Waals surface area contributed by atoms with Crippen LogP contribution < -0.4 is 5.73 Å². The summed E-state index contributed by atoms with van der Waals surface area (Å²) in [6.45, 7) is 7.99. The molecule has 0 saturated heterocycles. The van der Waals surface area contributed by atoms with Crippen LogP contribution in [0.2, 0.25) is 0 Å². The molecule has 0 unspecified atom stereocenters. The van der Waals surface area contributed by atoms with Crippen molar-refractivity contribution < 1.29 is 0 Å². The van der Waals surface area contributed by atoms with Gasteiger partial charge >= 0.3 is 0 Å². The zero-order chi connectivity index (χ0) is 12.5. The summed E-state index contributed by atoms with van der Waals surface area (Å²) in [6, 6.07) is 0.346. The van der Waals surface area contributed by atoms with E-state index in [0.717, 1.165) is 19.4 Å². The molecule has 4 heteroatoms. The van der Waals surface area contributed by atoms with E-state index in [1.54, 1.807) is 12.7 Å². The molecule has 4 nitrogen and oxygen atoms in total. The molecule has 1 aliphatic carbocycles. The summed E-state index contributed by atoms with van der Waals surface area (Å²) in [5.74, 6) is 0. The van der Waals surface area contributed by atoms with E-state index in [9.17, 15) is 0 Å². The monoisotopic (exact) mass is 236 g/mol. The van der Waals surface area contributed by atoms with Gasteiger partial charge in [0.05, 0.1) is 0 Å². The lowest BCUT2D eigenvalue weighted by Gasteiger charge is -2.41. The molecular formula is C13H24N4. The third-order valence-corrected chi connectivity index (χ3v) is 5.07. The maximum Gasteiger partial charge on any atom is 0.137 e. The highest BCUT2D eigenvalue weighted by Crippen LogP contribution is 2.54. The normalized spacial score (nSPS) is 31.9. The first-order valence-corrected chi connectivity index (χ1v) is 6.54. The Kier molecular flexibility index (Phi) is 3.25. The van der Waals surface area contributed by atoms with Crippen molar-refractivity contribution >= 4 is 0 Å². The average Bonchev–Trinajstić information content (AvgIpc) is 2.84. The lowest BCUT2D eigenvalue weighted by Crippen LogP contribution is -2.41. The van der Waals surface area contributed by atoms with E-state index in [0.29, 0.717) is 11.5 Å². The molecule has 1 fully saturated rings. The second-order valence-corrected chi connectivity index (χ2v) is 6.19. The van der Waals surface area contributed by atoms with Gasteiger partial charge in [0.15, 0.2) is 0 Å². The molecule has 1 saturated carbocycles. The fourth-order valence-corrected chi connectivity index (χ4v) is 3.03. The minimum Gasteiger partial charge on any atom is -0.327 e. The fraction of sp³-hybridized carbons (Fsp3) is 0.846. The molecule has 96 valence electrons. The van der Waals surface area contributed by atoms with Crippen LogP contribution in [-0.4, -0.2) is 20.8 Å². The largest absolute Gasteiger partial charge is 0.327 e. The van der Waals surface area contributed by atoms with E-state index in [1.807, 2.05) is 4.68 Å². The van der Waals surface area contributed by atoms with Gasteiger partial charge in [-0.3, -0.25) is 4.68 Å². The Bertz CT molecular complexity index is 358. The van der Waals surface area contributed by atoms with Crippen LogP contribution in [0.1, 0.15) is 46.5 Å². The van der Waals surface area contributed by atoms with Gasteiger partial charge in [-0.05, 0) is 36.5 Å². The van der Waals surface area contributed by atoms with Crippen LogP contribution in [0.3, 0.4) is 0 Å². The van der Waals surface area contributed by atoms with Crippen LogP contribution in [0, 0.1) is 10.8 Å². The molecule has 0 amide bonds. The summed E-state index contributed by atoms with van der Waals surface area (Å²) in [6.07, 6.45) is 8.15. The molecule has 2 rings (SSSR count). The number of hydrogen-bond donors (Lipinski definition) is 1. The number of nitrogens with two attached hydrogens (primary N) is 1. The fourth-order valence-electron chi connectivity index (χ4n) is 3.03. The molecular weight excluding hydrogens is 212 g/mol. The van der Waals surface area contributed by atoms with E-state index in [4.69, 9.17) is 5.73 Å². The molecule has 0 bridgehead atoms. The minimum atomic E-state index is 0.245. The van der Waals surface area contributed by atoms with E-state index in [-0.39, 0.29) is 5.41 Å². The SMILES string of the molecule is CC1(C)[C@@H](N)CC[C@]1(C)CCCn1cncn1. The smallest absolute Gasteiger partial charge is 0.137 e. The highest BCUT2D eigenvalue weighted by atomic mass is 15.3. The quantitative estimate of drug-likeness (QED) is 0.872. The van der Waals surface area contributed by atoms with Crippen LogP contribution in [0.15, 0.2) is 12.7 Å². The number of aromatic nitrogens is 3. The zero-order valence-electron chi connectivity index (χ0n) is 11.2. The van der Waals surface area contributed by atoms with E-state index in [1.165, 1.54) is 12.8 Å². The summed E-state index contributed by atoms with van der Waals surface area (Å²) in [4.78, 5) is 3.96. The van der Waals surface area contributed by atoms with E-state index in [2.05, 4.69) is 30.9 Å².